The average Bonchev–Trinajstić information content (AvgIpc) is 2.94. The van der Waals surface area contributed by atoms with Crippen molar-refractivity contribution in [2.45, 2.75) is 31.5 Å². The van der Waals surface area contributed by atoms with E-state index in [-0.39, 0.29) is 6.10 Å². The van der Waals surface area contributed by atoms with Gasteiger partial charge in [-0.05, 0) is 6.92 Å². The highest BCUT2D eigenvalue weighted by Crippen LogP contribution is 2.32. The van der Waals surface area contributed by atoms with E-state index in [1.165, 1.54) is 6.33 Å². The molecular weight excluding hydrogens is 363 g/mol. The zero-order valence-corrected chi connectivity index (χ0v) is 12.3. The molecule has 3 heterocycles. The molecular formula is C11H13IN4O3. The molecule has 102 valence electrons. The Kier molecular flexibility index (Phi) is 3.41. The first-order valence-electron chi connectivity index (χ1n) is 5.85. The molecule has 19 heavy (non-hydrogen) atoms. The fraction of sp³-hybridized carbons (Fsp3) is 0.545. The smallest absolute Gasteiger partial charge is 0.165 e. The molecule has 8 heteroatoms. The van der Waals surface area contributed by atoms with Crippen LogP contribution in [0.25, 0.3) is 11.2 Å². The lowest BCUT2D eigenvalue weighted by Gasteiger charge is -2.16. The van der Waals surface area contributed by atoms with Crippen LogP contribution >= 0.6 is 22.6 Å². The minimum atomic E-state index is -0.993. The maximum Gasteiger partial charge on any atom is 0.165 e. The zero-order chi connectivity index (χ0) is 13.6. The number of aromatic nitrogens is 4. The van der Waals surface area contributed by atoms with Gasteiger partial charge in [0.1, 0.15) is 24.1 Å². The molecule has 2 N–H and O–H groups in total. The normalized spacial score (nSPS) is 31.2. The second-order valence-corrected chi connectivity index (χ2v) is 5.36. The number of hydrogen-bond donors (Lipinski definition) is 2. The Hall–Kier alpha value is -0.840. The fourth-order valence-corrected chi connectivity index (χ4v) is 2.97. The van der Waals surface area contributed by atoms with Crippen molar-refractivity contribution < 1.29 is 14.9 Å². The van der Waals surface area contributed by atoms with Gasteiger partial charge in [0.25, 0.3) is 0 Å². The highest BCUT2D eigenvalue weighted by atomic mass is 127. The predicted octanol–water partition coefficient (Wildman–Crippen LogP) is 0.189. The molecule has 1 aliphatic rings. The van der Waals surface area contributed by atoms with Crippen LogP contribution < -0.4 is 0 Å². The van der Waals surface area contributed by atoms with E-state index in [1.807, 2.05) is 6.92 Å². The van der Waals surface area contributed by atoms with Gasteiger partial charge in [-0.25, -0.2) is 15.0 Å². The number of ether oxygens (including phenoxy) is 1. The van der Waals surface area contributed by atoms with Crippen LogP contribution in [0.15, 0.2) is 12.7 Å². The largest absolute Gasteiger partial charge is 0.387 e. The van der Waals surface area contributed by atoms with Crippen molar-refractivity contribution in [3.8, 4) is 0 Å². The van der Waals surface area contributed by atoms with Crippen molar-refractivity contribution in [3.05, 3.63) is 18.3 Å². The first-order valence-corrected chi connectivity index (χ1v) is 7.37. The van der Waals surface area contributed by atoms with Crippen LogP contribution in [-0.4, -0.2) is 52.5 Å². The van der Waals surface area contributed by atoms with Crippen molar-refractivity contribution in [2.24, 2.45) is 0 Å². The van der Waals surface area contributed by atoms with Gasteiger partial charge < -0.3 is 14.9 Å². The molecule has 1 saturated heterocycles. The van der Waals surface area contributed by atoms with E-state index in [9.17, 15) is 10.2 Å². The molecule has 0 aromatic carbocycles. The quantitative estimate of drug-likeness (QED) is 0.574. The molecule has 1 aliphatic heterocycles. The number of nitrogens with zero attached hydrogens (tertiary/aromatic N) is 4. The van der Waals surface area contributed by atoms with Crippen LogP contribution in [0.4, 0.5) is 0 Å². The minimum Gasteiger partial charge on any atom is -0.387 e. The number of aliphatic hydroxyl groups excluding tert-OH is 2. The Morgan fingerprint density at radius 3 is 2.79 bits per heavy atom. The van der Waals surface area contributed by atoms with Crippen LogP contribution in [0.5, 0.6) is 0 Å². The van der Waals surface area contributed by atoms with Crippen molar-refractivity contribution >= 4 is 33.8 Å². The Morgan fingerprint density at radius 1 is 1.32 bits per heavy atom. The maximum absolute atomic E-state index is 10.1. The molecule has 0 spiro atoms. The molecule has 2 aromatic heterocycles. The lowest BCUT2D eigenvalue weighted by molar-refractivity contribution is -0.0283. The lowest BCUT2D eigenvalue weighted by Crippen LogP contribution is -2.32. The standard InChI is InChI=1S/C11H13IN4O3/c1-5-7-10(14-3-13-5)16(4-15-7)11-9(18)8(17)6(2-12)19-11/h3-4,6,8-9,11,17-18H,2H2,1H3/t6-,8+,9+,11+/m0/s1. The van der Waals surface area contributed by atoms with E-state index in [0.29, 0.717) is 15.6 Å². The van der Waals surface area contributed by atoms with Crippen LogP contribution in [0.2, 0.25) is 0 Å². The topological polar surface area (TPSA) is 93.3 Å². The number of aryl methyl sites for hydroxylation is 1. The van der Waals surface area contributed by atoms with E-state index >= 15 is 0 Å². The van der Waals surface area contributed by atoms with Gasteiger partial charge in [0.15, 0.2) is 11.9 Å². The summed E-state index contributed by atoms with van der Waals surface area (Å²) >= 11 is 2.12. The zero-order valence-electron chi connectivity index (χ0n) is 10.1. The Labute approximate surface area is 122 Å². The summed E-state index contributed by atoms with van der Waals surface area (Å²) in [5, 5.41) is 20.0. The molecule has 0 radical (unpaired) electrons. The molecule has 3 rings (SSSR count). The molecule has 4 atom stereocenters. The summed E-state index contributed by atoms with van der Waals surface area (Å²) in [7, 11) is 0. The van der Waals surface area contributed by atoms with Gasteiger partial charge in [-0.2, -0.15) is 0 Å². The third-order valence-electron chi connectivity index (χ3n) is 3.31. The van der Waals surface area contributed by atoms with E-state index < -0.39 is 18.4 Å². The molecule has 7 nitrogen and oxygen atoms in total. The third-order valence-corrected chi connectivity index (χ3v) is 4.17. The van der Waals surface area contributed by atoms with Crippen molar-refractivity contribution in [1.82, 2.24) is 19.5 Å². The van der Waals surface area contributed by atoms with Crippen molar-refractivity contribution in [2.75, 3.05) is 4.43 Å². The number of halogens is 1. The number of aliphatic hydroxyl groups is 2. The van der Waals surface area contributed by atoms with Gasteiger partial charge in [-0.15, -0.1) is 0 Å². The van der Waals surface area contributed by atoms with Gasteiger partial charge in [0.2, 0.25) is 0 Å². The first kappa shape index (κ1) is 13.2. The number of alkyl halides is 1. The van der Waals surface area contributed by atoms with Crippen LogP contribution in [-0.2, 0) is 4.74 Å². The van der Waals surface area contributed by atoms with E-state index in [0.717, 1.165) is 5.69 Å². The number of imidazole rings is 1. The summed E-state index contributed by atoms with van der Waals surface area (Å²) in [5.74, 6) is 0. The monoisotopic (exact) mass is 376 g/mol. The highest BCUT2D eigenvalue weighted by molar-refractivity contribution is 14.1. The van der Waals surface area contributed by atoms with Gasteiger partial charge in [-0.3, -0.25) is 4.57 Å². The molecule has 0 saturated carbocycles. The summed E-state index contributed by atoms with van der Waals surface area (Å²) < 4.78 is 7.93. The van der Waals surface area contributed by atoms with Gasteiger partial charge >= 0.3 is 0 Å². The fourth-order valence-electron chi connectivity index (χ4n) is 2.24. The number of rotatable bonds is 2. The van der Waals surface area contributed by atoms with E-state index in [1.54, 1.807) is 10.9 Å². The van der Waals surface area contributed by atoms with Crippen LogP contribution in [0.1, 0.15) is 11.9 Å². The predicted molar refractivity (Wildman–Crippen MR) is 74.9 cm³/mol. The maximum atomic E-state index is 10.1. The molecule has 0 aliphatic carbocycles. The van der Waals surface area contributed by atoms with E-state index in [2.05, 4.69) is 37.5 Å². The summed E-state index contributed by atoms with van der Waals surface area (Å²) in [4.78, 5) is 12.5. The molecule has 1 fully saturated rings. The van der Waals surface area contributed by atoms with Crippen LogP contribution in [0, 0.1) is 6.92 Å². The van der Waals surface area contributed by atoms with Gasteiger partial charge in [-0.1, -0.05) is 22.6 Å². The molecule has 0 amide bonds. The second-order valence-electron chi connectivity index (χ2n) is 4.48. The van der Waals surface area contributed by atoms with Crippen molar-refractivity contribution in [3.63, 3.8) is 0 Å². The first-order chi connectivity index (χ1) is 9.13. The third kappa shape index (κ3) is 2.02. The van der Waals surface area contributed by atoms with Gasteiger partial charge in [0, 0.05) is 4.43 Å². The number of hydrogen-bond acceptors (Lipinski definition) is 6. The van der Waals surface area contributed by atoms with Crippen LogP contribution in [0.3, 0.4) is 0 Å². The van der Waals surface area contributed by atoms with Gasteiger partial charge in [0.05, 0.1) is 18.1 Å². The SMILES string of the molecule is Cc1ncnc2c1ncn2[C@@H]1O[C@@H](CI)[C@@H](O)[C@H]1O. The van der Waals surface area contributed by atoms with Crippen molar-refractivity contribution in [1.29, 1.82) is 0 Å². The summed E-state index contributed by atoms with van der Waals surface area (Å²) in [6.07, 6.45) is 0.0520. The molecule has 0 bridgehead atoms. The van der Waals surface area contributed by atoms with E-state index in [4.69, 9.17) is 4.74 Å². The highest BCUT2D eigenvalue weighted by Gasteiger charge is 2.43. The number of fused-ring (bicyclic) bond motifs is 1. The Morgan fingerprint density at radius 2 is 2.11 bits per heavy atom. The summed E-state index contributed by atoms with van der Waals surface area (Å²) in [5.41, 5.74) is 2.03. The molecule has 0 unspecified atom stereocenters. The Bertz CT molecular complexity index is 605. The lowest BCUT2D eigenvalue weighted by atomic mass is 10.1. The molecule has 2 aromatic rings. The Balaban J connectivity index is 2.04. The summed E-state index contributed by atoms with van der Waals surface area (Å²) in [6, 6.07) is 0. The average molecular weight is 376 g/mol. The second kappa shape index (κ2) is 4.93. The summed E-state index contributed by atoms with van der Waals surface area (Å²) in [6.45, 7) is 1.84. The minimum absolute atomic E-state index is 0.388.